The fourth-order valence-corrected chi connectivity index (χ4v) is 4.19. The van der Waals surface area contributed by atoms with E-state index in [0.717, 1.165) is 49.4 Å². The number of phenolic OH excluding ortho intramolecular Hbond substituents is 1. The van der Waals surface area contributed by atoms with Crippen molar-refractivity contribution < 1.29 is 5.11 Å². The van der Waals surface area contributed by atoms with Crippen LogP contribution < -0.4 is 11.5 Å². The molecule has 4 aromatic rings. The van der Waals surface area contributed by atoms with Gasteiger partial charge >= 0.3 is 0 Å². The van der Waals surface area contributed by atoms with Gasteiger partial charge in [-0.3, -0.25) is 0 Å². The monoisotopic (exact) mass is 412 g/mol. The molecule has 134 valence electrons. The SMILES string of the molecule is NCCc1c[nH]c2ccc(O)c(C(CN)c3c[nH]c4cc(Br)ccc34)c12. The Balaban J connectivity index is 1.96. The third-order valence-electron chi connectivity index (χ3n) is 4.99. The Bertz CT molecular complexity index is 1080. The number of halogens is 1. The van der Waals surface area contributed by atoms with E-state index in [9.17, 15) is 5.11 Å². The summed E-state index contributed by atoms with van der Waals surface area (Å²) < 4.78 is 1.02. The highest BCUT2D eigenvalue weighted by Crippen LogP contribution is 2.40. The van der Waals surface area contributed by atoms with Gasteiger partial charge in [-0.15, -0.1) is 0 Å². The zero-order valence-corrected chi connectivity index (χ0v) is 15.8. The van der Waals surface area contributed by atoms with Crippen molar-refractivity contribution in [2.75, 3.05) is 13.1 Å². The molecule has 26 heavy (non-hydrogen) atoms. The standard InChI is InChI=1S/C20H21BrN4O/c21-12-1-2-13-15(10-25-17(13)7-12)14(8-23)20-18(26)4-3-16-19(20)11(5-6-22)9-24-16/h1-4,7,9-10,14,24-26H,5-6,8,22-23H2. The van der Waals surface area contributed by atoms with Crippen LogP contribution in [0.25, 0.3) is 21.8 Å². The summed E-state index contributed by atoms with van der Waals surface area (Å²) in [6.45, 7) is 0.944. The molecule has 5 nitrogen and oxygen atoms in total. The van der Waals surface area contributed by atoms with E-state index in [-0.39, 0.29) is 11.7 Å². The molecular formula is C20H21BrN4O. The van der Waals surface area contributed by atoms with Gasteiger partial charge in [0.2, 0.25) is 0 Å². The largest absolute Gasteiger partial charge is 0.508 e. The van der Waals surface area contributed by atoms with Crippen molar-refractivity contribution in [3.63, 3.8) is 0 Å². The molecule has 1 atom stereocenters. The molecule has 0 aliphatic heterocycles. The molecule has 0 aliphatic carbocycles. The number of nitrogens with one attached hydrogen (secondary N) is 2. The van der Waals surface area contributed by atoms with Crippen LogP contribution in [0.5, 0.6) is 5.75 Å². The second-order valence-electron chi connectivity index (χ2n) is 6.50. The summed E-state index contributed by atoms with van der Waals surface area (Å²) >= 11 is 3.51. The Morgan fingerprint density at radius 3 is 2.62 bits per heavy atom. The first-order valence-electron chi connectivity index (χ1n) is 8.62. The summed E-state index contributed by atoms with van der Waals surface area (Å²) in [5.74, 6) is 0.137. The molecule has 4 rings (SSSR count). The number of hydrogen-bond donors (Lipinski definition) is 5. The second kappa shape index (κ2) is 6.79. The number of fused-ring (bicyclic) bond motifs is 2. The minimum Gasteiger partial charge on any atom is -0.508 e. The van der Waals surface area contributed by atoms with Crippen LogP contribution in [-0.4, -0.2) is 28.2 Å². The Hall–Kier alpha value is -2.28. The van der Waals surface area contributed by atoms with E-state index >= 15 is 0 Å². The number of H-pyrrole nitrogens is 2. The van der Waals surface area contributed by atoms with Crippen LogP contribution in [0.2, 0.25) is 0 Å². The second-order valence-corrected chi connectivity index (χ2v) is 7.41. The van der Waals surface area contributed by atoms with Crippen molar-refractivity contribution >= 4 is 37.7 Å². The highest BCUT2D eigenvalue weighted by molar-refractivity contribution is 9.10. The summed E-state index contributed by atoms with van der Waals surface area (Å²) in [6, 6.07) is 9.76. The molecule has 1 unspecified atom stereocenters. The summed E-state index contributed by atoms with van der Waals surface area (Å²) in [5.41, 5.74) is 17.1. The zero-order valence-electron chi connectivity index (χ0n) is 14.2. The molecule has 0 fully saturated rings. The van der Waals surface area contributed by atoms with Gasteiger partial charge in [-0.05, 0) is 48.4 Å². The average molecular weight is 413 g/mol. The molecule has 7 N–H and O–H groups in total. The molecule has 0 saturated heterocycles. The summed E-state index contributed by atoms with van der Waals surface area (Å²) in [6.07, 6.45) is 4.71. The molecule has 0 saturated carbocycles. The van der Waals surface area contributed by atoms with E-state index in [1.54, 1.807) is 6.07 Å². The first-order chi connectivity index (χ1) is 12.6. The Morgan fingerprint density at radius 1 is 1.04 bits per heavy atom. The van der Waals surface area contributed by atoms with Crippen LogP contribution in [-0.2, 0) is 6.42 Å². The number of aromatic amines is 2. The lowest BCUT2D eigenvalue weighted by Crippen LogP contribution is -2.14. The Kier molecular flexibility index (Phi) is 4.48. The third-order valence-corrected chi connectivity index (χ3v) is 5.49. The van der Waals surface area contributed by atoms with E-state index in [2.05, 4.69) is 32.0 Å². The van der Waals surface area contributed by atoms with Gasteiger partial charge in [-0.25, -0.2) is 0 Å². The van der Waals surface area contributed by atoms with Crippen LogP contribution in [0, 0.1) is 0 Å². The van der Waals surface area contributed by atoms with E-state index in [1.807, 2.05) is 30.6 Å². The number of rotatable bonds is 5. The number of nitrogens with two attached hydrogens (primary N) is 2. The molecule has 0 spiro atoms. The van der Waals surface area contributed by atoms with Gasteiger partial charge in [0.1, 0.15) is 5.75 Å². The van der Waals surface area contributed by atoms with Crippen LogP contribution in [0.15, 0.2) is 47.2 Å². The minimum atomic E-state index is -0.124. The summed E-state index contributed by atoms with van der Waals surface area (Å²) in [7, 11) is 0. The topological polar surface area (TPSA) is 104 Å². The smallest absolute Gasteiger partial charge is 0.120 e. The van der Waals surface area contributed by atoms with Crippen molar-refractivity contribution in [2.24, 2.45) is 11.5 Å². The van der Waals surface area contributed by atoms with Crippen LogP contribution >= 0.6 is 15.9 Å². The molecule has 0 aliphatic rings. The van der Waals surface area contributed by atoms with Gasteiger partial charge in [0, 0.05) is 56.7 Å². The quantitative estimate of drug-likeness (QED) is 0.345. The van der Waals surface area contributed by atoms with E-state index in [4.69, 9.17) is 11.5 Å². The van der Waals surface area contributed by atoms with Gasteiger partial charge in [-0.2, -0.15) is 0 Å². The van der Waals surface area contributed by atoms with Crippen molar-refractivity contribution in [2.45, 2.75) is 12.3 Å². The predicted molar refractivity (Wildman–Crippen MR) is 110 cm³/mol. The number of aromatic hydroxyl groups is 1. The van der Waals surface area contributed by atoms with Crippen molar-refractivity contribution in [3.05, 3.63) is 63.9 Å². The fraction of sp³-hybridized carbons (Fsp3) is 0.200. The Labute approximate surface area is 159 Å². The van der Waals surface area contributed by atoms with Crippen molar-refractivity contribution in [3.8, 4) is 5.75 Å². The zero-order chi connectivity index (χ0) is 18.3. The summed E-state index contributed by atoms with van der Waals surface area (Å²) in [4.78, 5) is 6.61. The number of aromatic nitrogens is 2. The average Bonchev–Trinajstić information content (AvgIpc) is 3.22. The summed E-state index contributed by atoms with van der Waals surface area (Å²) in [5, 5.41) is 12.9. The van der Waals surface area contributed by atoms with Gasteiger partial charge < -0.3 is 26.5 Å². The van der Waals surface area contributed by atoms with Gasteiger partial charge in [0.15, 0.2) is 0 Å². The maximum atomic E-state index is 10.7. The highest BCUT2D eigenvalue weighted by atomic mass is 79.9. The van der Waals surface area contributed by atoms with E-state index < -0.39 is 0 Å². The highest BCUT2D eigenvalue weighted by Gasteiger charge is 2.24. The minimum absolute atomic E-state index is 0.124. The lowest BCUT2D eigenvalue weighted by atomic mass is 9.87. The molecule has 6 heteroatoms. The number of hydrogen-bond acceptors (Lipinski definition) is 3. The predicted octanol–water partition coefficient (Wildman–Crippen LogP) is 3.71. The number of benzene rings is 2. The molecular weight excluding hydrogens is 392 g/mol. The van der Waals surface area contributed by atoms with Gasteiger partial charge in [-0.1, -0.05) is 22.0 Å². The van der Waals surface area contributed by atoms with Crippen LogP contribution in [0.1, 0.15) is 22.6 Å². The lowest BCUT2D eigenvalue weighted by Gasteiger charge is -2.19. The van der Waals surface area contributed by atoms with E-state index in [1.165, 1.54) is 0 Å². The van der Waals surface area contributed by atoms with Crippen molar-refractivity contribution in [1.82, 2.24) is 9.97 Å². The van der Waals surface area contributed by atoms with Gasteiger partial charge in [0.05, 0.1) is 0 Å². The molecule has 2 heterocycles. The van der Waals surface area contributed by atoms with Gasteiger partial charge in [0.25, 0.3) is 0 Å². The molecule has 0 radical (unpaired) electrons. The first-order valence-corrected chi connectivity index (χ1v) is 9.41. The van der Waals surface area contributed by atoms with Crippen molar-refractivity contribution in [1.29, 1.82) is 0 Å². The lowest BCUT2D eigenvalue weighted by molar-refractivity contribution is 0.466. The number of phenols is 1. The van der Waals surface area contributed by atoms with Crippen LogP contribution in [0.3, 0.4) is 0 Å². The molecule has 0 amide bonds. The molecule has 2 aromatic heterocycles. The normalized spacial score (nSPS) is 12.9. The molecule has 0 bridgehead atoms. The maximum absolute atomic E-state index is 10.7. The Morgan fingerprint density at radius 2 is 1.85 bits per heavy atom. The fourth-order valence-electron chi connectivity index (χ4n) is 3.83. The van der Waals surface area contributed by atoms with E-state index in [0.29, 0.717) is 13.1 Å². The third kappa shape index (κ3) is 2.70. The first kappa shape index (κ1) is 17.1. The maximum Gasteiger partial charge on any atom is 0.120 e. The van der Waals surface area contributed by atoms with Crippen LogP contribution in [0.4, 0.5) is 0 Å². The molecule has 2 aromatic carbocycles.